The molecular weight excluding hydrogens is 480 g/mol. The lowest BCUT2D eigenvalue weighted by atomic mass is 10.0. The lowest BCUT2D eigenvalue weighted by Gasteiger charge is -2.19. The number of nitrogens with zero attached hydrogens (tertiary/aromatic N) is 2. The van der Waals surface area contributed by atoms with Gasteiger partial charge in [-0.15, -0.1) is 0 Å². The van der Waals surface area contributed by atoms with E-state index in [9.17, 15) is 9.59 Å². The third kappa shape index (κ3) is 7.07. The quantitative estimate of drug-likeness (QED) is 0.322. The SMILES string of the molecule is O=C1CC(Cc2ccccc2)NC(=O)COc2ccc(cc2)Nc2cc(ncn2)Nc2cccc(c2)CN1. The molecule has 6 bridgehead atoms. The number of carbonyl (C=O) groups excluding carboxylic acids is 2. The Morgan fingerprint density at radius 3 is 2.34 bits per heavy atom. The first-order chi connectivity index (χ1) is 18.6. The van der Waals surface area contributed by atoms with E-state index in [0.29, 0.717) is 30.4 Å². The molecule has 0 saturated carbocycles. The van der Waals surface area contributed by atoms with E-state index in [0.717, 1.165) is 22.5 Å². The molecule has 2 aliphatic heterocycles. The number of rotatable bonds is 2. The van der Waals surface area contributed by atoms with E-state index in [1.165, 1.54) is 6.33 Å². The Morgan fingerprint density at radius 1 is 0.789 bits per heavy atom. The minimum atomic E-state index is -0.382. The summed E-state index contributed by atoms with van der Waals surface area (Å²) < 4.78 is 5.69. The summed E-state index contributed by atoms with van der Waals surface area (Å²) in [6.07, 6.45) is 2.15. The summed E-state index contributed by atoms with van der Waals surface area (Å²) in [6.45, 7) is 0.196. The Morgan fingerprint density at radius 2 is 1.55 bits per heavy atom. The van der Waals surface area contributed by atoms with Crippen molar-refractivity contribution >= 4 is 34.8 Å². The van der Waals surface area contributed by atoms with Crippen LogP contribution in [0.2, 0.25) is 0 Å². The molecule has 0 spiro atoms. The molecule has 1 unspecified atom stereocenters. The molecule has 2 amide bonds. The molecule has 6 rings (SSSR count). The van der Waals surface area contributed by atoms with Crippen LogP contribution in [0.5, 0.6) is 5.75 Å². The van der Waals surface area contributed by atoms with E-state index in [1.54, 1.807) is 18.2 Å². The van der Waals surface area contributed by atoms with Crippen LogP contribution in [0.3, 0.4) is 0 Å². The van der Waals surface area contributed by atoms with Gasteiger partial charge in [-0.1, -0.05) is 42.5 Å². The van der Waals surface area contributed by atoms with Crippen molar-refractivity contribution in [2.24, 2.45) is 0 Å². The van der Waals surface area contributed by atoms with Crippen LogP contribution in [0.1, 0.15) is 17.5 Å². The van der Waals surface area contributed by atoms with Crippen molar-refractivity contribution in [1.82, 2.24) is 20.6 Å². The van der Waals surface area contributed by atoms with Gasteiger partial charge in [-0.25, -0.2) is 9.97 Å². The second-order valence-corrected chi connectivity index (χ2v) is 8.99. The van der Waals surface area contributed by atoms with E-state index in [2.05, 4.69) is 31.2 Å². The van der Waals surface area contributed by atoms with Crippen molar-refractivity contribution in [3.63, 3.8) is 0 Å². The van der Waals surface area contributed by atoms with Gasteiger partial charge in [0.05, 0.1) is 0 Å². The first-order valence-electron chi connectivity index (χ1n) is 12.4. The van der Waals surface area contributed by atoms with Gasteiger partial charge < -0.3 is 26.0 Å². The average molecular weight is 509 g/mol. The zero-order chi connectivity index (χ0) is 26.2. The number of anilines is 4. The van der Waals surface area contributed by atoms with Crippen molar-refractivity contribution in [3.8, 4) is 5.75 Å². The van der Waals surface area contributed by atoms with E-state index < -0.39 is 0 Å². The summed E-state index contributed by atoms with van der Waals surface area (Å²) in [4.78, 5) is 34.2. The average Bonchev–Trinajstić information content (AvgIpc) is 2.92. The van der Waals surface area contributed by atoms with Crippen LogP contribution in [0.25, 0.3) is 0 Å². The Bertz CT molecular complexity index is 1400. The van der Waals surface area contributed by atoms with E-state index in [-0.39, 0.29) is 30.9 Å². The Labute approximate surface area is 220 Å². The largest absolute Gasteiger partial charge is 0.484 e. The van der Waals surface area contributed by atoms with Gasteiger partial charge in [0.1, 0.15) is 23.7 Å². The maximum absolute atomic E-state index is 12.9. The summed E-state index contributed by atoms with van der Waals surface area (Å²) in [6, 6.07) is 26.2. The van der Waals surface area contributed by atoms with Crippen molar-refractivity contribution in [1.29, 1.82) is 0 Å². The monoisotopic (exact) mass is 508 g/mol. The molecule has 0 fully saturated rings. The zero-order valence-corrected chi connectivity index (χ0v) is 20.7. The summed E-state index contributed by atoms with van der Waals surface area (Å²) in [5.74, 6) is 1.35. The second kappa shape index (κ2) is 11.9. The van der Waals surface area contributed by atoms with Crippen LogP contribution in [0.15, 0.2) is 91.3 Å². The molecule has 9 heteroatoms. The van der Waals surface area contributed by atoms with Crippen LogP contribution in [-0.4, -0.2) is 34.4 Å². The van der Waals surface area contributed by atoms with Gasteiger partial charge in [0, 0.05) is 36.4 Å². The third-order valence-corrected chi connectivity index (χ3v) is 5.97. The van der Waals surface area contributed by atoms with Crippen molar-refractivity contribution in [2.75, 3.05) is 17.2 Å². The molecule has 9 nitrogen and oxygen atoms in total. The molecule has 192 valence electrons. The fraction of sp³-hybridized carbons (Fsp3) is 0.172. The number of aromatic nitrogens is 2. The van der Waals surface area contributed by atoms with Crippen LogP contribution in [-0.2, 0) is 22.6 Å². The van der Waals surface area contributed by atoms with Gasteiger partial charge in [-0.2, -0.15) is 0 Å². The molecule has 0 aliphatic carbocycles. The number of hydrogen-bond acceptors (Lipinski definition) is 7. The molecule has 4 N–H and O–H groups in total. The van der Waals surface area contributed by atoms with Gasteiger partial charge in [0.25, 0.3) is 5.91 Å². The van der Waals surface area contributed by atoms with Crippen molar-refractivity contribution in [2.45, 2.75) is 25.4 Å². The highest BCUT2D eigenvalue weighted by Crippen LogP contribution is 2.22. The second-order valence-electron chi connectivity index (χ2n) is 8.99. The first kappa shape index (κ1) is 24.8. The van der Waals surface area contributed by atoms with Crippen molar-refractivity contribution < 1.29 is 14.3 Å². The number of amides is 2. The molecule has 3 heterocycles. The molecule has 0 saturated heterocycles. The molecule has 1 aromatic heterocycles. The summed E-state index contributed by atoms with van der Waals surface area (Å²) in [5, 5.41) is 12.5. The minimum absolute atomic E-state index is 0.142. The van der Waals surface area contributed by atoms with Crippen LogP contribution < -0.4 is 26.0 Å². The molecular formula is C29H28N6O3. The number of carbonyl (C=O) groups is 2. The Kier molecular flexibility index (Phi) is 7.74. The predicted octanol–water partition coefficient (Wildman–Crippen LogP) is 4.09. The lowest BCUT2D eigenvalue weighted by molar-refractivity contribution is -0.125. The third-order valence-electron chi connectivity index (χ3n) is 5.97. The summed E-state index contributed by atoms with van der Waals surface area (Å²) in [7, 11) is 0. The van der Waals surface area contributed by atoms with Gasteiger partial charge in [0.2, 0.25) is 5.91 Å². The fourth-order valence-electron chi connectivity index (χ4n) is 4.17. The highest BCUT2D eigenvalue weighted by atomic mass is 16.5. The summed E-state index contributed by atoms with van der Waals surface area (Å²) in [5.41, 5.74) is 3.61. The molecule has 4 aromatic rings. The number of nitrogens with one attached hydrogen (secondary N) is 4. The van der Waals surface area contributed by atoms with Crippen molar-refractivity contribution in [3.05, 3.63) is 102 Å². The highest BCUT2D eigenvalue weighted by molar-refractivity contribution is 5.80. The highest BCUT2D eigenvalue weighted by Gasteiger charge is 2.18. The zero-order valence-electron chi connectivity index (χ0n) is 20.7. The lowest BCUT2D eigenvalue weighted by Crippen LogP contribution is -2.42. The molecule has 0 radical (unpaired) electrons. The Balaban J connectivity index is 1.38. The van der Waals surface area contributed by atoms with Crippen LogP contribution >= 0.6 is 0 Å². The molecule has 1 atom stereocenters. The standard InChI is InChI=1S/C29H28N6O3/c36-28-15-24(13-20-5-2-1-3-6-20)35-29(37)18-38-25-11-9-22(10-12-25)33-26-16-27(32-19-31-26)34-23-8-4-7-21(14-23)17-30-28/h1-12,14,16,19,24H,13,15,17-18H2,(H,30,36)(H,35,37)(H2,31,32,33,34). The van der Waals surface area contributed by atoms with E-state index in [1.807, 2.05) is 66.7 Å². The van der Waals surface area contributed by atoms with Gasteiger partial charge >= 0.3 is 0 Å². The molecule has 3 aromatic carbocycles. The topological polar surface area (TPSA) is 117 Å². The predicted molar refractivity (Wildman–Crippen MR) is 146 cm³/mol. The van der Waals surface area contributed by atoms with E-state index in [4.69, 9.17) is 4.74 Å². The van der Waals surface area contributed by atoms with Gasteiger partial charge in [-0.3, -0.25) is 9.59 Å². The number of hydrogen-bond donors (Lipinski definition) is 4. The smallest absolute Gasteiger partial charge is 0.258 e. The fourth-order valence-corrected chi connectivity index (χ4v) is 4.17. The maximum atomic E-state index is 12.9. The normalized spacial score (nSPS) is 16.1. The Hall–Kier alpha value is -4.92. The first-order valence-corrected chi connectivity index (χ1v) is 12.4. The summed E-state index contributed by atoms with van der Waals surface area (Å²) >= 11 is 0. The molecule has 38 heavy (non-hydrogen) atoms. The van der Waals surface area contributed by atoms with Gasteiger partial charge in [0.15, 0.2) is 6.61 Å². The number of ether oxygens (including phenoxy) is 1. The maximum Gasteiger partial charge on any atom is 0.258 e. The minimum Gasteiger partial charge on any atom is -0.484 e. The number of benzene rings is 3. The molecule has 2 aliphatic rings. The number of fused-ring (bicyclic) bond motifs is 10. The van der Waals surface area contributed by atoms with E-state index >= 15 is 0 Å². The van der Waals surface area contributed by atoms with Gasteiger partial charge in [-0.05, 0) is 53.9 Å². The van der Waals surface area contributed by atoms with Crippen LogP contribution in [0, 0.1) is 0 Å². The van der Waals surface area contributed by atoms with Crippen LogP contribution in [0.4, 0.5) is 23.0 Å².